The van der Waals surface area contributed by atoms with Gasteiger partial charge in [-0.1, -0.05) is 32.6 Å². The second kappa shape index (κ2) is 6.38. The molecule has 0 saturated heterocycles. The van der Waals surface area contributed by atoms with Crippen molar-refractivity contribution in [3.63, 3.8) is 0 Å². The fraction of sp³-hybridized carbons (Fsp3) is 1.00. The summed E-state index contributed by atoms with van der Waals surface area (Å²) < 4.78 is 0. The van der Waals surface area contributed by atoms with Gasteiger partial charge in [0.25, 0.3) is 0 Å². The van der Waals surface area contributed by atoms with Gasteiger partial charge in [-0.3, -0.25) is 0 Å². The van der Waals surface area contributed by atoms with Gasteiger partial charge in [0.05, 0.1) is 11.7 Å². The van der Waals surface area contributed by atoms with E-state index in [1.54, 1.807) is 0 Å². The van der Waals surface area contributed by atoms with E-state index in [1.807, 2.05) is 0 Å². The Morgan fingerprint density at radius 3 is 2.50 bits per heavy atom. The number of aliphatic hydroxyl groups is 2. The van der Waals surface area contributed by atoms with E-state index >= 15 is 0 Å². The van der Waals surface area contributed by atoms with Crippen molar-refractivity contribution in [1.29, 1.82) is 0 Å². The molecular weight excluding hydrogens is 224 g/mol. The molecule has 0 spiro atoms. The topological polar surface area (TPSA) is 40.5 Å². The van der Waals surface area contributed by atoms with Gasteiger partial charge in [0.15, 0.2) is 0 Å². The van der Waals surface area contributed by atoms with Crippen LogP contribution in [-0.4, -0.2) is 21.9 Å². The van der Waals surface area contributed by atoms with E-state index in [9.17, 15) is 10.2 Å². The molecule has 2 aliphatic rings. The lowest BCUT2D eigenvalue weighted by atomic mass is 9.73. The van der Waals surface area contributed by atoms with Crippen LogP contribution < -0.4 is 0 Å². The Morgan fingerprint density at radius 1 is 1.11 bits per heavy atom. The van der Waals surface area contributed by atoms with Crippen molar-refractivity contribution in [2.75, 3.05) is 0 Å². The summed E-state index contributed by atoms with van der Waals surface area (Å²) in [4.78, 5) is 0. The number of aliphatic hydroxyl groups excluding tert-OH is 1. The maximum Gasteiger partial charge on any atom is 0.0648 e. The molecule has 0 radical (unpaired) electrons. The lowest BCUT2D eigenvalue weighted by Crippen LogP contribution is -2.33. The first-order valence-corrected chi connectivity index (χ1v) is 8.03. The first-order chi connectivity index (χ1) is 8.63. The summed E-state index contributed by atoms with van der Waals surface area (Å²) in [5, 5.41) is 20.4. The Morgan fingerprint density at radius 2 is 1.83 bits per heavy atom. The predicted molar refractivity (Wildman–Crippen MR) is 74.4 cm³/mol. The van der Waals surface area contributed by atoms with Gasteiger partial charge in [0.1, 0.15) is 0 Å². The number of rotatable bonds is 4. The predicted octanol–water partition coefficient (Wildman–Crippen LogP) is 3.65. The smallest absolute Gasteiger partial charge is 0.0648 e. The monoisotopic (exact) mass is 254 g/mol. The fourth-order valence-electron chi connectivity index (χ4n) is 3.98. The van der Waals surface area contributed by atoms with E-state index in [2.05, 4.69) is 6.92 Å². The van der Waals surface area contributed by atoms with Crippen LogP contribution in [0.3, 0.4) is 0 Å². The normalized spacial score (nSPS) is 36.5. The van der Waals surface area contributed by atoms with E-state index < -0.39 is 0 Å². The Balaban J connectivity index is 1.76. The molecule has 106 valence electrons. The van der Waals surface area contributed by atoms with Gasteiger partial charge < -0.3 is 10.2 Å². The molecule has 0 heterocycles. The summed E-state index contributed by atoms with van der Waals surface area (Å²) in [6.45, 7) is 2.19. The summed E-state index contributed by atoms with van der Waals surface area (Å²) in [6, 6.07) is 0. The van der Waals surface area contributed by atoms with Crippen molar-refractivity contribution >= 4 is 0 Å². The van der Waals surface area contributed by atoms with Crippen LogP contribution in [0, 0.1) is 11.8 Å². The maximum atomic E-state index is 10.5. The first-order valence-electron chi connectivity index (χ1n) is 8.03. The van der Waals surface area contributed by atoms with Crippen LogP contribution >= 0.6 is 0 Å². The highest BCUT2D eigenvalue weighted by molar-refractivity contribution is 4.85. The number of hydrogen-bond acceptors (Lipinski definition) is 2. The molecule has 2 heteroatoms. The molecule has 1 unspecified atom stereocenters. The highest BCUT2D eigenvalue weighted by atomic mass is 16.3. The van der Waals surface area contributed by atoms with Gasteiger partial charge in [0.2, 0.25) is 0 Å². The molecule has 0 aliphatic heterocycles. The second-order valence-electron chi connectivity index (χ2n) is 6.74. The highest BCUT2D eigenvalue weighted by Crippen LogP contribution is 2.38. The molecule has 18 heavy (non-hydrogen) atoms. The van der Waals surface area contributed by atoms with Gasteiger partial charge in [0, 0.05) is 0 Å². The van der Waals surface area contributed by atoms with Crippen LogP contribution in [0.4, 0.5) is 0 Å². The third kappa shape index (κ3) is 3.71. The Kier molecular flexibility index (Phi) is 5.08. The van der Waals surface area contributed by atoms with Crippen LogP contribution in [0.2, 0.25) is 0 Å². The minimum atomic E-state index is -0.351. The Bertz CT molecular complexity index is 245. The van der Waals surface area contributed by atoms with Crippen LogP contribution in [0.25, 0.3) is 0 Å². The van der Waals surface area contributed by atoms with Crippen molar-refractivity contribution in [3.8, 4) is 0 Å². The average molecular weight is 254 g/mol. The second-order valence-corrected chi connectivity index (χ2v) is 6.74. The van der Waals surface area contributed by atoms with Crippen molar-refractivity contribution in [3.05, 3.63) is 0 Å². The standard InChI is InChI=1S/C16H30O2/c1-2-14-12-13(6-7-15(14)17)8-11-16(18)9-4-3-5-10-16/h13-15,17-18H,2-12H2,1H3/t13?,14-,15-/m1/s1. The molecule has 0 aromatic heterocycles. The van der Waals surface area contributed by atoms with E-state index in [0.29, 0.717) is 5.92 Å². The fourth-order valence-corrected chi connectivity index (χ4v) is 3.98. The zero-order valence-electron chi connectivity index (χ0n) is 11.9. The largest absolute Gasteiger partial charge is 0.393 e. The lowest BCUT2D eigenvalue weighted by Gasteiger charge is -2.36. The molecule has 3 atom stereocenters. The van der Waals surface area contributed by atoms with E-state index in [-0.39, 0.29) is 11.7 Å². The zero-order valence-corrected chi connectivity index (χ0v) is 11.9. The first kappa shape index (κ1) is 14.3. The average Bonchev–Trinajstić information content (AvgIpc) is 2.39. The van der Waals surface area contributed by atoms with Crippen molar-refractivity contribution in [2.45, 2.75) is 89.3 Å². The van der Waals surface area contributed by atoms with Crippen molar-refractivity contribution < 1.29 is 10.2 Å². The summed E-state index contributed by atoms with van der Waals surface area (Å²) in [5.41, 5.74) is -0.351. The van der Waals surface area contributed by atoms with Crippen molar-refractivity contribution in [2.24, 2.45) is 11.8 Å². The lowest BCUT2D eigenvalue weighted by molar-refractivity contribution is -0.0161. The van der Waals surface area contributed by atoms with Crippen molar-refractivity contribution in [1.82, 2.24) is 0 Å². The Hall–Kier alpha value is -0.0800. The SMILES string of the molecule is CC[C@@H]1CC(CCC2(O)CCCCC2)CC[C@H]1O. The molecule has 2 aliphatic carbocycles. The third-order valence-electron chi connectivity index (χ3n) is 5.38. The van der Waals surface area contributed by atoms with Gasteiger partial charge >= 0.3 is 0 Å². The molecular formula is C16H30O2. The molecule has 2 N–H and O–H groups in total. The van der Waals surface area contributed by atoms with E-state index in [1.165, 1.54) is 32.1 Å². The Labute approximate surface area is 112 Å². The molecule has 0 aromatic rings. The van der Waals surface area contributed by atoms with Gasteiger partial charge in [-0.2, -0.15) is 0 Å². The zero-order chi connectivity index (χ0) is 13.0. The summed E-state index contributed by atoms with van der Waals surface area (Å²) in [6.07, 6.45) is 12.2. The van der Waals surface area contributed by atoms with E-state index in [0.717, 1.165) is 44.4 Å². The van der Waals surface area contributed by atoms with Crippen LogP contribution in [-0.2, 0) is 0 Å². The van der Waals surface area contributed by atoms with E-state index in [4.69, 9.17) is 0 Å². The van der Waals surface area contributed by atoms with Gasteiger partial charge in [-0.15, -0.1) is 0 Å². The molecule has 0 bridgehead atoms. The minimum Gasteiger partial charge on any atom is -0.393 e. The summed E-state index contributed by atoms with van der Waals surface area (Å²) >= 11 is 0. The molecule has 0 amide bonds. The van der Waals surface area contributed by atoms with Crippen LogP contribution in [0.15, 0.2) is 0 Å². The van der Waals surface area contributed by atoms with Gasteiger partial charge in [-0.25, -0.2) is 0 Å². The van der Waals surface area contributed by atoms with Crippen LogP contribution in [0.1, 0.15) is 77.6 Å². The van der Waals surface area contributed by atoms with Gasteiger partial charge in [-0.05, 0) is 56.8 Å². The third-order valence-corrected chi connectivity index (χ3v) is 5.38. The molecule has 2 nitrogen and oxygen atoms in total. The summed E-state index contributed by atoms with van der Waals surface area (Å²) in [5.74, 6) is 1.24. The molecule has 2 rings (SSSR count). The highest BCUT2D eigenvalue weighted by Gasteiger charge is 2.32. The molecule has 2 saturated carbocycles. The summed E-state index contributed by atoms with van der Waals surface area (Å²) in [7, 11) is 0. The quantitative estimate of drug-likeness (QED) is 0.804. The maximum absolute atomic E-state index is 10.5. The minimum absolute atomic E-state index is 0.0657. The number of hydrogen-bond donors (Lipinski definition) is 2. The molecule has 2 fully saturated rings. The molecule has 0 aromatic carbocycles. The van der Waals surface area contributed by atoms with Crippen LogP contribution in [0.5, 0.6) is 0 Å².